The zero-order chi connectivity index (χ0) is 18.4. The lowest BCUT2D eigenvalue weighted by molar-refractivity contribution is 0.0674. The summed E-state index contributed by atoms with van der Waals surface area (Å²) in [6.07, 6.45) is 2.21. The van der Waals surface area contributed by atoms with Crippen molar-refractivity contribution in [1.82, 2.24) is 15.5 Å². The molecule has 26 heavy (non-hydrogen) atoms. The number of hydrogen-bond donors (Lipinski definition) is 2. The Bertz CT molecular complexity index is 594. The van der Waals surface area contributed by atoms with E-state index in [2.05, 4.69) is 31.4 Å². The monoisotopic (exact) mass is 381 g/mol. The van der Waals surface area contributed by atoms with Gasteiger partial charge in [-0.15, -0.1) is 12.4 Å². The van der Waals surface area contributed by atoms with Gasteiger partial charge in [0.1, 0.15) is 0 Å². The fourth-order valence-electron chi connectivity index (χ4n) is 3.10. The molecule has 1 aromatic rings. The van der Waals surface area contributed by atoms with Crippen molar-refractivity contribution in [1.29, 1.82) is 0 Å². The fourth-order valence-corrected chi connectivity index (χ4v) is 3.10. The van der Waals surface area contributed by atoms with E-state index in [0.717, 1.165) is 32.5 Å². The Labute approximate surface area is 163 Å². The summed E-state index contributed by atoms with van der Waals surface area (Å²) in [5.74, 6) is 0.480. The molecule has 1 fully saturated rings. The first-order valence-corrected chi connectivity index (χ1v) is 9.12. The van der Waals surface area contributed by atoms with Gasteiger partial charge in [-0.3, -0.25) is 9.59 Å². The Morgan fingerprint density at radius 3 is 2.35 bits per heavy atom. The van der Waals surface area contributed by atoms with Crippen molar-refractivity contribution < 1.29 is 9.59 Å². The lowest BCUT2D eigenvalue weighted by atomic mass is 9.96. The molecule has 146 valence electrons. The molecule has 1 aliphatic heterocycles. The van der Waals surface area contributed by atoms with E-state index in [1.807, 2.05) is 11.9 Å². The Morgan fingerprint density at radius 2 is 1.77 bits per heavy atom. The second-order valence-electron chi connectivity index (χ2n) is 8.14. The predicted octanol–water partition coefficient (Wildman–Crippen LogP) is 2.96. The van der Waals surface area contributed by atoms with Crippen molar-refractivity contribution in [3.05, 3.63) is 35.4 Å². The molecule has 1 aliphatic rings. The summed E-state index contributed by atoms with van der Waals surface area (Å²) in [5, 5.41) is 6.13. The van der Waals surface area contributed by atoms with Crippen LogP contribution in [0.1, 0.15) is 54.3 Å². The highest BCUT2D eigenvalue weighted by molar-refractivity contribution is 5.97. The van der Waals surface area contributed by atoms with Gasteiger partial charge in [-0.05, 0) is 62.0 Å². The minimum Gasteiger partial charge on any atom is -0.352 e. The molecule has 0 spiro atoms. The molecular formula is C20H32ClN3O2. The fraction of sp³-hybridized carbons (Fsp3) is 0.600. The zero-order valence-corrected chi connectivity index (χ0v) is 17.1. The SMILES string of the molecule is CNCC1CCCN(C(=O)c2ccc(C(=O)NCC(C)(C)C)cc2)C1.Cl. The number of nitrogens with one attached hydrogen (secondary N) is 2. The summed E-state index contributed by atoms with van der Waals surface area (Å²) < 4.78 is 0. The smallest absolute Gasteiger partial charge is 0.253 e. The highest BCUT2D eigenvalue weighted by atomic mass is 35.5. The molecular weight excluding hydrogens is 350 g/mol. The summed E-state index contributed by atoms with van der Waals surface area (Å²) in [6.45, 7) is 9.41. The van der Waals surface area contributed by atoms with Crippen molar-refractivity contribution in [2.75, 3.05) is 33.2 Å². The van der Waals surface area contributed by atoms with Crippen LogP contribution in [0.2, 0.25) is 0 Å². The molecule has 0 aromatic heterocycles. The number of halogens is 1. The Hall–Kier alpha value is -1.59. The van der Waals surface area contributed by atoms with Crippen LogP contribution in [-0.2, 0) is 0 Å². The van der Waals surface area contributed by atoms with E-state index in [0.29, 0.717) is 23.6 Å². The summed E-state index contributed by atoms with van der Waals surface area (Å²) in [6, 6.07) is 6.99. The van der Waals surface area contributed by atoms with E-state index in [4.69, 9.17) is 0 Å². The van der Waals surface area contributed by atoms with Crippen molar-refractivity contribution in [3.8, 4) is 0 Å². The van der Waals surface area contributed by atoms with Crippen LogP contribution in [0.25, 0.3) is 0 Å². The number of likely N-dealkylation sites (tertiary alicyclic amines) is 1. The lowest BCUT2D eigenvalue weighted by Gasteiger charge is -2.32. The van der Waals surface area contributed by atoms with Gasteiger partial charge in [0.05, 0.1) is 0 Å². The summed E-state index contributed by atoms with van der Waals surface area (Å²) >= 11 is 0. The molecule has 2 amide bonds. The average molecular weight is 382 g/mol. The maximum atomic E-state index is 12.7. The molecule has 0 saturated carbocycles. The quantitative estimate of drug-likeness (QED) is 0.824. The van der Waals surface area contributed by atoms with Crippen LogP contribution >= 0.6 is 12.4 Å². The predicted molar refractivity (Wildman–Crippen MR) is 108 cm³/mol. The second-order valence-corrected chi connectivity index (χ2v) is 8.14. The molecule has 2 N–H and O–H groups in total. The van der Waals surface area contributed by atoms with Crippen LogP contribution in [0.3, 0.4) is 0 Å². The highest BCUT2D eigenvalue weighted by Crippen LogP contribution is 2.18. The summed E-state index contributed by atoms with van der Waals surface area (Å²) in [7, 11) is 1.95. The van der Waals surface area contributed by atoms with Crippen LogP contribution in [-0.4, -0.2) is 49.9 Å². The van der Waals surface area contributed by atoms with E-state index >= 15 is 0 Å². The van der Waals surface area contributed by atoms with E-state index in [-0.39, 0.29) is 29.6 Å². The molecule has 1 heterocycles. The van der Waals surface area contributed by atoms with Crippen LogP contribution in [0.5, 0.6) is 0 Å². The number of hydrogen-bond acceptors (Lipinski definition) is 3. The van der Waals surface area contributed by atoms with Gasteiger partial charge in [0.25, 0.3) is 11.8 Å². The number of piperidine rings is 1. The first-order chi connectivity index (χ1) is 11.8. The third kappa shape index (κ3) is 6.61. The Morgan fingerprint density at radius 1 is 1.15 bits per heavy atom. The number of carbonyl (C=O) groups is 2. The summed E-state index contributed by atoms with van der Waals surface area (Å²) in [5.41, 5.74) is 1.29. The number of carbonyl (C=O) groups excluding carboxylic acids is 2. The van der Waals surface area contributed by atoms with Gasteiger partial charge in [0.15, 0.2) is 0 Å². The molecule has 1 unspecified atom stereocenters. The second kappa shape index (κ2) is 9.93. The number of rotatable bonds is 5. The largest absolute Gasteiger partial charge is 0.352 e. The van der Waals surface area contributed by atoms with Gasteiger partial charge in [0.2, 0.25) is 0 Å². The molecule has 1 saturated heterocycles. The normalized spacial score (nSPS) is 17.4. The number of nitrogens with zero attached hydrogens (tertiary/aromatic N) is 1. The van der Waals surface area contributed by atoms with Crippen molar-refractivity contribution in [3.63, 3.8) is 0 Å². The first kappa shape index (κ1) is 22.5. The van der Waals surface area contributed by atoms with E-state index in [9.17, 15) is 9.59 Å². The zero-order valence-electron chi connectivity index (χ0n) is 16.3. The van der Waals surface area contributed by atoms with Gasteiger partial charge in [-0.25, -0.2) is 0 Å². The maximum absolute atomic E-state index is 12.7. The third-order valence-electron chi connectivity index (χ3n) is 4.47. The van der Waals surface area contributed by atoms with Gasteiger partial charge in [0, 0.05) is 30.8 Å². The molecule has 5 nitrogen and oxygen atoms in total. The highest BCUT2D eigenvalue weighted by Gasteiger charge is 2.24. The maximum Gasteiger partial charge on any atom is 0.253 e. The van der Waals surface area contributed by atoms with Crippen LogP contribution in [0, 0.1) is 11.3 Å². The topological polar surface area (TPSA) is 61.4 Å². The van der Waals surface area contributed by atoms with Gasteiger partial charge >= 0.3 is 0 Å². The summed E-state index contributed by atoms with van der Waals surface area (Å²) in [4.78, 5) is 26.8. The Balaban J connectivity index is 0.00000338. The van der Waals surface area contributed by atoms with Crippen molar-refractivity contribution >= 4 is 24.2 Å². The minimum absolute atomic E-state index is 0. The average Bonchev–Trinajstić information content (AvgIpc) is 2.59. The molecule has 0 bridgehead atoms. The molecule has 1 aromatic carbocycles. The van der Waals surface area contributed by atoms with E-state index < -0.39 is 0 Å². The van der Waals surface area contributed by atoms with Gasteiger partial charge in [-0.2, -0.15) is 0 Å². The van der Waals surface area contributed by atoms with Crippen LogP contribution in [0.15, 0.2) is 24.3 Å². The van der Waals surface area contributed by atoms with Gasteiger partial charge in [-0.1, -0.05) is 20.8 Å². The third-order valence-corrected chi connectivity index (χ3v) is 4.47. The number of benzene rings is 1. The van der Waals surface area contributed by atoms with Gasteiger partial charge < -0.3 is 15.5 Å². The lowest BCUT2D eigenvalue weighted by Crippen LogP contribution is -2.42. The standard InChI is InChI=1S/C20H31N3O2.ClH/c1-20(2,3)14-22-18(24)16-7-9-17(10-8-16)19(25)23-11-5-6-15(13-23)12-21-4;/h7-10,15,21H,5-6,11-14H2,1-4H3,(H,22,24);1H. The van der Waals surface area contributed by atoms with Crippen molar-refractivity contribution in [2.24, 2.45) is 11.3 Å². The molecule has 2 rings (SSSR count). The van der Waals surface area contributed by atoms with Crippen LogP contribution in [0.4, 0.5) is 0 Å². The molecule has 0 aliphatic carbocycles. The first-order valence-electron chi connectivity index (χ1n) is 9.12. The molecule has 1 atom stereocenters. The molecule has 6 heteroatoms. The molecule has 0 radical (unpaired) electrons. The van der Waals surface area contributed by atoms with E-state index in [1.54, 1.807) is 24.3 Å². The Kier molecular flexibility index (Phi) is 8.57. The van der Waals surface area contributed by atoms with E-state index in [1.165, 1.54) is 0 Å². The minimum atomic E-state index is -0.0963. The number of amides is 2. The van der Waals surface area contributed by atoms with Crippen LogP contribution < -0.4 is 10.6 Å². The van der Waals surface area contributed by atoms with Crippen molar-refractivity contribution in [2.45, 2.75) is 33.6 Å².